The monoisotopic (exact) mass is 127 g/mol. The summed E-state index contributed by atoms with van der Waals surface area (Å²) in [5.74, 6) is 0.852. The first-order valence-corrected chi connectivity index (χ1v) is 3.80. The average molecular weight is 127 g/mol. The molecule has 0 amide bonds. The van der Waals surface area contributed by atoms with E-state index < -0.39 is 0 Å². The largest absolute Gasteiger partial charge is 0.313 e. The van der Waals surface area contributed by atoms with E-state index in [0.29, 0.717) is 0 Å². The molecule has 0 aliphatic heterocycles. The molecule has 1 N–H and O–H groups in total. The maximum atomic E-state index is 6.78. The highest BCUT2D eigenvalue weighted by atomic mass is 14.3. The molecule has 54 valence electrons. The lowest BCUT2D eigenvalue weighted by atomic mass is 10.0. The van der Waals surface area contributed by atoms with Crippen molar-refractivity contribution in [2.75, 3.05) is 0 Å². The summed E-state index contributed by atoms with van der Waals surface area (Å²) in [7, 11) is 0. The van der Waals surface area contributed by atoms with Gasteiger partial charge in [0.05, 0.1) is 0 Å². The zero-order valence-electron chi connectivity index (χ0n) is 6.48. The van der Waals surface area contributed by atoms with Crippen LogP contribution < -0.4 is 0 Å². The zero-order valence-corrected chi connectivity index (χ0v) is 6.48. The van der Waals surface area contributed by atoms with Crippen molar-refractivity contribution < 1.29 is 0 Å². The molecule has 0 saturated heterocycles. The van der Waals surface area contributed by atoms with Gasteiger partial charge in [0.1, 0.15) is 0 Å². The molecule has 9 heavy (non-hydrogen) atoms. The molecular formula is C8H17N. The highest BCUT2D eigenvalue weighted by Gasteiger charge is 1.95. The average Bonchev–Trinajstić information content (AvgIpc) is 1.89. The maximum Gasteiger partial charge on any atom is -0.00477 e. The highest BCUT2D eigenvalue weighted by Crippen LogP contribution is 2.09. The normalized spacial score (nSPS) is 13.1. The molecule has 1 atom stereocenters. The number of rotatable bonds is 5. The van der Waals surface area contributed by atoms with Gasteiger partial charge in [-0.05, 0) is 25.0 Å². The number of hydrogen-bond acceptors (Lipinski definition) is 1. The molecule has 0 heterocycles. The fourth-order valence-electron chi connectivity index (χ4n) is 0.772. The van der Waals surface area contributed by atoms with E-state index in [1.54, 1.807) is 0 Å². The fraction of sp³-hybridized carbons (Fsp3) is 0.875. The predicted octanol–water partition coefficient (Wildman–Crippen LogP) is 2.85. The Morgan fingerprint density at radius 1 is 1.56 bits per heavy atom. The van der Waals surface area contributed by atoms with Gasteiger partial charge in [-0.25, -0.2) is 0 Å². The molecule has 1 nitrogen and oxygen atoms in total. The topological polar surface area (TPSA) is 23.9 Å². The second kappa shape index (κ2) is 5.80. The van der Waals surface area contributed by atoms with Gasteiger partial charge in [-0.2, -0.15) is 0 Å². The van der Waals surface area contributed by atoms with Gasteiger partial charge >= 0.3 is 0 Å². The minimum Gasteiger partial charge on any atom is -0.313 e. The van der Waals surface area contributed by atoms with E-state index in [1.807, 2.05) is 0 Å². The van der Waals surface area contributed by atoms with Crippen LogP contribution in [0.15, 0.2) is 0 Å². The van der Waals surface area contributed by atoms with Crippen LogP contribution in [0.3, 0.4) is 0 Å². The highest BCUT2D eigenvalue weighted by molar-refractivity contribution is 5.52. The summed E-state index contributed by atoms with van der Waals surface area (Å²) >= 11 is 0. The molecule has 0 radical (unpaired) electrons. The Kier molecular flexibility index (Phi) is 5.59. The lowest BCUT2D eigenvalue weighted by molar-refractivity contribution is 0.502. The molecule has 0 saturated carbocycles. The van der Waals surface area contributed by atoms with Crippen molar-refractivity contribution in [2.45, 2.75) is 39.5 Å². The van der Waals surface area contributed by atoms with Crippen molar-refractivity contribution in [1.29, 1.82) is 5.41 Å². The molecule has 0 aliphatic rings. The molecular weight excluding hydrogens is 110 g/mol. The smallest absolute Gasteiger partial charge is 0.00477 e. The van der Waals surface area contributed by atoms with Gasteiger partial charge in [0.2, 0.25) is 0 Å². The molecule has 0 rings (SSSR count). The summed E-state index contributed by atoms with van der Waals surface area (Å²) < 4.78 is 0. The maximum absolute atomic E-state index is 6.78. The number of nitrogens with one attached hydrogen (secondary N) is 1. The second-order valence-electron chi connectivity index (χ2n) is 2.65. The number of hydrogen-bond donors (Lipinski definition) is 1. The van der Waals surface area contributed by atoms with E-state index in [2.05, 4.69) is 13.8 Å². The molecule has 1 unspecified atom stereocenters. The van der Waals surface area contributed by atoms with Crippen LogP contribution in [0.4, 0.5) is 0 Å². The van der Waals surface area contributed by atoms with E-state index in [4.69, 9.17) is 5.41 Å². The van der Waals surface area contributed by atoms with Crippen molar-refractivity contribution in [1.82, 2.24) is 0 Å². The first-order valence-electron chi connectivity index (χ1n) is 3.80. The van der Waals surface area contributed by atoms with Crippen LogP contribution in [0.25, 0.3) is 0 Å². The lowest BCUT2D eigenvalue weighted by Crippen LogP contribution is -1.91. The Bertz CT molecular complexity index is 69.0. The van der Waals surface area contributed by atoms with Crippen molar-refractivity contribution in [2.24, 2.45) is 5.92 Å². The van der Waals surface area contributed by atoms with Gasteiger partial charge in [0.25, 0.3) is 0 Å². The van der Waals surface area contributed by atoms with E-state index in [1.165, 1.54) is 25.5 Å². The Labute approximate surface area is 58.0 Å². The summed E-state index contributed by atoms with van der Waals surface area (Å²) in [5, 5.41) is 6.78. The molecule has 0 aromatic rings. The summed E-state index contributed by atoms with van der Waals surface area (Å²) in [5.41, 5.74) is 0. The lowest BCUT2D eigenvalue weighted by Gasteiger charge is -2.04. The van der Waals surface area contributed by atoms with E-state index in [-0.39, 0.29) is 0 Å². The standard InChI is InChI=1S/C8H17N/c1-3-8(2)6-4-5-7-9/h7-9H,3-6H2,1-2H3. The zero-order chi connectivity index (χ0) is 7.11. The quantitative estimate of drug-likeness (QED) is 0.434. The van der Waals surface area contributed by atoms with Crippen molar-refractivity contribution in [3.63, 3.8) is 0 Å². The predicted molar refractivity (Wildman–Crippen MR) is 42.1 cm³/mol. The Balaban J connectivity index is 2.96. The third kappa shape index (κ3) is 5.54. The summed E-state index contributed by atoms with van der Waals surface area (Å²) in [4.78, 5) is 0. The van der Waals surface area contributed by atoms with E-state index in [0.717, 1.165) is 12.3 Å². The van der Waals surface area contributed by atoms with Gasteiger partial charge in [-0.1, -0.05) is 26.7 Å². The van der Waals surface area contributed by atoms with Crippen LogP contribution in [0.5, 0.6) is 0 Å². The molecule has 0 fully saturated rings. The van der Waals surface area contributed by atoms with Gasteiger partial charge < -0.3 is 5.41 Å². The third-order valence-corrected chi connectivity index (χ3v) is 1.74. The van der Waals surface area contributed by atoms with Crippen LogP contribution in [-0.2, 0) is 0 Å². The first-order chi connectivity index (χ1) is 4.31. The van der Waals surface area contributed by atoms with Crippen molar-refractivity contribution >= 4 is 6.21 Å². The molecule has 0 spiro atoms. The van der Waals surface area contributed by atoms with Crippen LogP contribution in [0, 0.1) is 11.3 Å². The Morgan fingerprint density at radius 3 is 2.67 bits per heavy atom. The van der Waals surface area contributed by atoms with Gasteiger partial charge in [-0.15, -0.1) is 0 Å². The fourth-order valence-corrected chi connectivity index (χ4v) is 0.772. The van der Waals surface area contributed by atoms with Gasteiger partial charge in [0, 0.05) is 0 Å². The minimum atomic E-state index is 0.852. The number of unbranched alkanes of at least 4 members (excludes halogenated alkanes) is 1. The van der Waals surface area contributed by atoms with Crippen LogP contribution in [-0.4, -0.2) is 6.21 Å². The van der Waals surface area contributed by atoms with Crippen molar-refractivity contribution in [3.8, 4) is 0 Å². The molecule has 0 aliphatic carbocycles. The van der Waals surface area contributed by atoms with Crippen LogP contribution in [0.2, 0.25) is 0 Å². The van der Waals surface area contributed by atoms with E-state index in [9.17, 15) is 0 Å². The third-order valence-electron chi connectivity index (χ3n) is 1.74. The summed E-state index contributed by atoms with van der Waals surface area (Å²) in [6.07, 6.45) is 6.22. The van der Waals surface area contributed by atoms with E-state index >= 15 is 0 Å². The van der Waals surface area contributed by atoms with Crippen LogP contribution in [0.1, 0.15) is 39.5 Å². The molecule has 0 aromatic carbocycles. The summed E-state index contributed by atoms with van der Waals surface area (Å²) in [6, 6.07) is 0. The molecule has 0 bridgehead atoms. The minimum absolute atomic E-state index is 0.852. The van der Waals surface area contributed by atoms with Crippen LogP contribution >= 0.6 is 0 Å². The molecule has 1 heteroatoms. The van der Waals surface area contributed by atoms with Gasteiger partial charge in [-0.3, -0.25) is 0 Å². The molecule has 0 aromatic heterocycles. The SMILES string of the molecule is CCC(C)CCCC=N. The van der Waals surface area contributed by atoms with Crippen molar-refractivity contribution in [3.05, 3.63) is 0 Å². The Morgan fingerprint density at radius 2 is 2.22 bits per heavy atom. The Hall–Kier alpha value is -0.330. The first kappa shape index (κ1) is 8.67. The summed E-state index contributed by atoms with van der Waals surface area (Å²) in [6.45, 7) is 4.49. The van der Waals surface area contributed by atoms with Gasteiger partial charge in [0.15, 0.2) is 0 Å². The second-order valence-corrected chi connectivity index (χ2v) is 2.65.